The molecule has 28 heavy (non-hydrogen) atoms. The highest BCUT2D eigenvalue weighted by atomic mass is 16.5. The van der Waals surface area contributed by atoms with Crippen LogP contribution in [0.15, 0.2) is 35.7 Å². The fourth-order valence-electron chi connectivity index (χ4n) is 3.87. The second kappa shape index (κ2) is 6.89. The van der Waals surface area contributed by atoms with Crippen LogP contribution in [-0.2, 0) is 6.42 Å². The van der Waals surface area contributed by atoms with Crippen LogP contribution in [0.3, 0.4) is 0 Å². The van der Waals surface area contributed by atoms with Crippen LogP contribution in [0, 0.1) is 11.3 Å². The number of benzene rings is 2. The molecule has 0 saturated heterocycles. The van der Waals surface area contributed by atoms with Gasteiger partial charge < -0.3 is 30.0 Å². The second-order valence-electron chi connectivity index (χ2n) is 6.61. The molecule has 0 radical (unpaired) electrons. The molecular formula is C21H21N3O4. The van der Waals surface area contributed by atoms with E-state index in [9.17, 15) is 5.26 Å². The summed E-state index contributed by atoms with van der Waals surface area (Å²) in [5.41, 5.74) is 10.4. The maximum Gasteiger partial charge on any atom is 0.205 e. The van der Waals surface area contributed by atoms with Crippen LogP contribution >= 0.6 is 0 Å². The predicted octanol–water partition coefficient (Wildman–Crippen LogP) is 2.90. The summed E-state index contributed by atoms with van der Waals surface area (Å²) < 4.78 is 22.2. The third kappa shape index (κ3) is 2.65. The van der Waals surface area contributed by atoms with Gasteiger partial charge in [-0.05, 0) is 35.7 Å². The fourth-order valence-corrected chi connectivity index (χ4v) is 3.87. The summed E-state index contributed by atoms with van der Waals surface area (Å²) in [7, 11) is 4.68. The number of nitrogens with one attached hydrogen (secondary N) is 1. The molecule has 144 valence electrons. The van der Waals surface area contributed by atoms with Gasteiger partial charge in [0.2, 0.25) is 11.6 Å². The van der Waals surface area contributed by atoms with Crippen molar-refractivity contribution < 1.29 is 18.9 Å². The highest BCUT2D eigenvalue weighted by Gasteiger charge is 2.33. The number of allylic oxidation sites excluding steroid dienone is 1. The summed E-state index contributed by atoms with van der Waals surface area (Å²) in [6.07, 6.45) is 0.922. The van der Waals surface area contributed by atoms with Crippen molar-refractivity contribution in [1.29, 1.82) is 5.26 Å². The lowest BCUT2D eigenvalue weighted by molar-refractivity contribution is 0.323. The minimum Gasteiger partial charge on any atom is -0.493 e. The second-order valence-corrected chi connectivity index (χ2v) is 6.61. The van der Waals surface area contributed by atoms with Gasteiger partial charge in [-0.1, -0.05) is 0 Å². The monoisotopic (exact) mass is 379 g/mol. The number of nitrogens with two attached hydrogens (primary N) is 1. The Hall–Kier alpha value is -3.53. The van der Waals surface area contributed by atoms with Gasteiger partial charge in [-0.25, -0.2) is 0 Å². The number of fused-ring (bicyclic) bond motifs is 2. The third-order valence-corrected chi connectivity index (χ3v) is 5.17. The number of anilines is 1. The zero-order chi connectivity index (χ0) is 19.8. The fraction of sp³-hybridized carbons (Fsp3) is 0.286. The van der Waals surface area contributed by atoms with Crippen molar-refractivity contribution in [2.45, 2.75) is 12.3 Å². The molecule has 2 heterocycles. The first-order valence-corrected chi connectivity index (χ1v) is 8.89. The van der Waals surface area contributed by atoms with Gasteiger partial charge in [0.05, 0.1) is 27.2 Å². The van der Waals surface area contributed by atoms with E-state index in [0.717, 1.165) is 29.8 Å². The molecule has 1 atom stereocenters. The molecule has 0 spiro atoms. The highest BCUT2D eigenvalue weighted by molar-refractivity contribution is 5.67. The third-order valence-electron chi connectivity index (χ3n) is 5.17. The Morgan fingerprint density at radius 1 is 1.11 bits per heavy atom. The van der Waals surface area contributed by atoms with Crippen LogP contribution in [-0.4, -0.2) is 27.9 Å². The Labute approximate surface area is 163 Å². The minimum atomic E-state index is -0.395. The largest absolute Gasteiger partial charge is 0.493 e. The molecule has 0 aromatic heterocycles. The average Bonchev–Trinajstić information content (AvgIpc) is 3.17. The van der Waals surface area contributed by atoms with E-state index in [1.54, 1.807) is 21.3 Å². The first-order valence-electron chi connectivity index (χ1n) is 8.89. The Morgan fingerprint density at radius 2 is 1.82 bits per heavy atom. The van der Waals surface area contributed by atoms with Gasteiger partial charge in [-0.2, -0.15) is 5.26 Å². The molecular weight excluding hydrogens is 358 g/mol. The Kier molecular flexibility index (Phi) is 4.40. The SMILES string of the molecule is COc1cc(C2C(C#N)=C(N)Oc3cc4c(cc32)CCN4)cc(OC)c1OC. The quantitative estimate of drug-likeness (QED) is 0.843. The normalized spacial score (nSPS) is 17.0. The number of nitrogens with zero attached hydrogens (tertiary/aromatic N) is 1. The molecule has 7 heteroatoms. The van der Waals surface area contributed by atoms with Crippen molar-refractivity contribution in [3.63, 3.8) is 0 Å². The lowest BCUT2D eigenvalue weighted by Crippen LogP contribution is -2.21. The van der Waals surface area contributed by atoms with Crippen molar-refractivity contribution in [2.24, 2.45) is 5.73 Å². The van der Waals surface area contributed by atoms with Crippen LogP contribution in [0.25, 0.3) is 0 Å². The van der Waals surface area contributed by atoms with E-state index >= 15 is 0 Å². The minimum absolute atomic E-state index is 0.103. The molecule has 0 bridgehead atoms. The topological polar surface area (TPSA) is 98.8 Å². The van der Waals surface area contributed by atoms with Crippen LogP contribution in [0.2, 0.25) is 0 Å². The van der Waals surface area contributed by atoms with Crippen LogP contribution in [0.4, 0.5) is 5.69 Å². The number of nitriles is 1. The van der Waals surface area contributed by atoms with Gasteiger partial charge in [0, 0.05) is 23.9 Å². The standard InChI is InChI=1S/C21H21N3O4/c1-25-17-7-12(8-18(26-2)20(17)27-3)19-13-6-11-4-5-24-15(11)9-16(13)28-21(23)14(19)10-22/h6-9,19,24H,4-5,23H2,1-3H3. The summed E-state index contributed by atoms with van der Waals surface area (Å²) in [6.45, 7) is 0.876. The van der Waals surface area contributed by atoms with E-state index in [4.69, 9.17) is 24.7 Å². The molecule has 4 rings (SSSR count). The molecule has 0 amide bonds. The van der Waals surface area contributed by atoms with E-state index in [0.29, 0.717) is 28.6 Å². The molecule has 7 nitrogen and oxygen atoms in total. The molecule has 0 saturated carbocycles. The Balaban J connectivity index is 1.95. The number of ether oxygens (including phenoxy) is 4. The van der Waals surface area contributed by atoms with Crippen molar-refractivity contribution in [1.82, 2.24) is 0 Å². The predicted molar refractivity (Wildman–Crippen MR) is 104 cm³/mol. The first-order chi connectivity index (χ1) is 13.6. The number of hydrogen-bond donors (Lipinski definition) is 2. The van der Waals surface area contributed by atoms with E-state index in [1.165, 1.54) is 5.56 Å². The van der Waals surface area contributed by atoms with E-state index < -0.39 is 5.92 Å². The lowest BCUT2D eigenvalue weighted by atomic mass is 9.82. The van der Waals surface area contributed by atoms with Gasteiger partial charge in [0.25, 0.3) is 0 Å². The number of methoxy groups -OCH3 is 3. The zero-order valence-corrected chi connectivity index (χ0v) is 16.0. The van der Waals surface area contributed by atoms with Crippen LogP contribution in [0.5, 0.6) is 23.0 Å². The van der Waals surface area contributed by atoms with E-state index in [-0.39, 0.29) is 5.88 Å². The van der Waals surface area contributed by atoms with Crippen molar-refractivity contribution >= 4 is 5.69 Å². The molecule has 0 fully saturated rings. The van der Waals surface area contributed by atoms with Crippen LogP contribution in [0.1, 0.15) is 22.6 Å². The molecule has 1 unspecified atom stereocenters. The van der Waals surface area contributed by atoms with E-state index in [1.807, 2.05) is 18.2 Å². The van der Waals surface area contributed by atoms with Crippen molar-refractivity contribution in [3.05, 3.63) is 52.4 Å². The lowest BCUT2D eigenvalue weighted by Gasteiger charge is -2.28. The molecule has 2 aromatic rings. The molecule has 2 aromatic carbocycles. The summed E-state index contributed by atoms with van der Waals surface area (Å²) in [5.74, 6) is 1.88. The summed E-state index contributed by atoms with van der Waals surface area (Å²) in [4.78, 5) is 0. The zero-order valence-electron chi connectivity index (χ0n) is 16.0. The number of hydrogen-bond acceptors (Lipinski definition) is 7. The molecule has 2 aliphatic rings. The highest BCUT2D eigenvalue weighted by Crippen LogP contribution is 2.48. The van der Waals surface area contributed by atoms with Gasteiger partial charge in [-0.3, -0.25) is 0 Å². The van der Waals surface area contributed by atoms with Gasteiger partial charge in [-0.15, -0.1) is 0 Å². The molecule has 3 N–H and O–H groups in total. The average molecular weight is 379 g/mol. The van der Waals surface area contributed by atoms with Crippen LogP contribution < -0.4 is 30.0 Å². The van der Waals surface area contributed by atoms with Crippen molar-refractivity contribution in [2.75, 3.05) is 33.2 Å². The maximum atomic E-state index is 9.80. The Bertz CT molecular complexity index is 998. The van der Waals surface area contributed by atoms with Gasteiger partial charge >= 0.3 is 0 Å². The number of rotatable bonds is 4. The molecule has 0 aliphatic carbocycles. The maximum absolute atomic E-state index is 9.80. The molecule has 2 aliphatic heterocycles. The Morgan fingerprint density at radius 3 is 2.43 bits per heavy atom. The van der Waals surface area contributed by atoms with Gasteiger partial charge in [0.15, 0.2) is 11.5 Å². The summed E-state index contributed by atoms with van der Waals surface area (Å²) >= 11 is 0. The van der Waals surface area contributed by atoms with E-state index in [2.05, 4.69) is 17.5 Å². The van der Waals surface area contributed by atoms with Crippen molar-refractivity contribution in [3.8, 4) is 29.1 Å². The van der Waals surface area contributed by atoms with Gasteiger partial charge in [0.1, 0.15) is 17.4 Å². The summed E-state index contributed by atoms with van der Waals surface area (Å²) in [6, 6.07) is 9.94. The smallest absolute Gasteiger partial charge is 0.205 e. The first kappa shape index (κ1) is 17.9. The summed E-state index contributed by atoms with van der Waals surface area (Å²) in [5, 5.41) is 13.1.